The Morgan fingerprint density at radius 2 is 1.80 bits per heavy atom. The summed E-state index contributed by atoms with van der Waals surface area (Å²) in [7, 11) is 5.84. The van der Waals surface area contributed by atoms with Gasteiger partial charge in [0.05, 0.1) is 5.41 Å². The molecule has 1 fully saturated rings. The average Bonchev–Trinajstić information content (AvgIpc) is 2.29. The van der Waals surface area contributed by atoms with Gasteiger partial charge in [0.15, 0.2) is 0 Å². The molecule has 6 heteroatoms. The maximum Gasteiger partial charge on any atom is 0.317 e. The lowest BCUT2D eigenvalue weighted by Gasteiger charge is -2.49. The van der Waals surface area contributed by atoms with Crippen LogP contribution in [0.5, 0.6) is 0 Å². The van der Waals surface area contributed by atoms with Gasteiger partial charge in [-0.05, 0) is 47.2 Å². The zero-order valence-electron chi connectivity index (χ0n) is 13.2. The van der Waals surface area contributed by atoms with Gasteiger partial charge in [0.2, 0.25) is 0 Å². The quantitative estimate of drug-likeness (QED) is 0.769. The number of hydrogen-bond donors (Lipinski definition) is 2. The van der Waals surface area contributed by atoms with Gasteiger partial charge in [0.25, 0.3) is 0 Å². The van der Waals surface area contributed by atoms with Crippen LogP contribution in [0.25, 0.3) is 0 Å². The molecular weight excluding hydrogens is 258 g/mol. The van der Waals surface area contributed by atoms with Crippen LogP contribution in [-0.4, -0.2) is 66.7 Å². The van der Waals surface area contributed by atoms with E-state index in [0.29, 0.717) is 6.54 Å². The lowest BCUT2D eigenvalue weighted by atomic mass is 9.75. The Balaban J connectivity index is 2.50. The lowest BCUT2D eigenvalue weighted by Crippen LogP contribution is -2.58. The van der Waals surface area contributed by atoms with Crippen LogP contribution in [0.2, 0.25) is 0 Å². The summed E-state index contributed by atoms with van der Waals surface area (Å²) in [6, 6.07) is -0.215. The molecule has 20 heavy (non-hydrogen) atoms. The van der Waals surface area contributed by atoms with Gasteiger partial charge in [-0.15, -0.1) is 0 Å². The molecule has 2 amide bonds. The SMILES string of the molecule is CN(CC1(N(C)C)CCC1)C(=O)NCC(C)(C)C(=O)O. The third-order valence-corrected chi connectivity index (χ3v) is 4.37. The molecule has 2 N–H and O–H groups in total. The molecule has 0 bridgehead atoms. The standard InChI is InChI=1S/C14H27N3O3/c1-13(2,11(18)19)9-15-12(20)17(5)10-14(16(3)4)7-6-8-14/h6-10H2,1-5H3,(H,15,20)(H,18,19). The Labute approximate surface area is 121 Å². The summed E-state index contributed by atoms with van der Waals surface area (Å²) in [6.07, 6.45) is 3.39. The predicted octanol–water partition coefficient (Wildman–Crippen LogP) is 1.22. The Bertz CT molecular complexity index is 376. The van der Waals surface area contributed by atoms with E-state index in [1.54, 1.807) is 25.8 Å². The molecule has 1 aliphatic rings. The number of likely N-dealkylation sites (N-methyl/N-ethyl adjacent to an activating group) is 2. The number of nitrogens with one attached hydrogen (secondary N) is 1. The summed E-state index contributed by atoms with van der Waals surface area (Å²) in [5.41, 5.74) is -0.874. The molecule has 0 atom stereocenters. The second kappa shape index (κ2) is 5.99. The molecule has 0 saturated heterocycles. The van der Waals surface area contributed by atoms with Crippen LogP contribution >= 0.6 is 0 Å². The normalized spacial score (nSPS) is 17.5. The number of aliphatic carboxylic acids is 1. The number of carboxylic acid groups (broad SMARTS) is 1. The molecule has 1 rings (SSSR count). The van der Waals surface area contributed by atoms with Gasteiger partial charge in [-0.3, -0.25) is 4.79 Å². The van der Waals surface area contributed by atoms with Crippen molar-refractivity contribution in [3.8, 4) is 0 Å². The van der Waals surface area contributed by atoms with Crippen LogP contribution in [0.3, 0.4) is 0 Å². The second-order valence-corrected chi connectivity index (χ2v) is 6.68. The summed E-state index contributed by atoms with van der Waals surface area (Å²) in [5, 5.41) is 11.7. The minimum Gasteiger partial charge on any atom is -0.481 e. The molecule has 6 nitrogen and oxygen atoms in total. The highest BCUT2D eigenvalue weighted by Gasteiger charge is 2.40. The van der Waals surface area contributed by atoms with E-state index in [1.165, 1.54) is 6.42 Å². The highest BCUT2D eigenvalue weighted by atomic mass is 16.4. The van der Waals surface area contributed by atoms with Gasteiger partial charge >= 0.3 is 12.0 Å². The molecular formula is C14H27N3O3. The van der Waals surface area contributed by atoms with Gasteiger partial charge in [-0.2, -0.15) is 0 Å². The van der Waals surface area contributed by atoms with E-state index in [2.05, 4.69) is 10.2 Å². The predicted molar refractivity (Wildman–Crippen MR) is 77.7 cm³/mol. The van der Waals surface area contributed by atoms with Crippen molar-refractivity contribution in [2.24, 2.45) is 5.41 Å². The number of nitrogens with zero attached hydrogens (tertiary/aromatic N) is 2. The molecule has 1 aliphatic carbocycles. The van der Waals surface area contributed by atoms with Gasteiger partial charge in [-0.1, -0.05) is 0 Å². The number of carbonyl (C=O) groups excluding carboxylic acids is 1. The Morgan fingerprint density at radius 1 is 1.25 bits per heavy atom. The monoisotopic (exact) mass is 285 g/mol. The fourth-order valence-corrected chi connectivity index (χ4v) is 2.35. The maximum atomic E-state index is 12.1. The number of urea groups is 1. The fraction of sp³-hybridized carbons (Fsp3) is 0.857. The highest BCUT2D eigenvalue weighted by Crippen LogP contribution is 2.36. The first kappa shape index (κ1) is 16.8. The number of rotatable bonds is 6. The lowest BCUT2D eigenvalue weighted by molar-refractivity contribution is -0.146. The van der Waals surface area contributed by atoms with E-state index in [4.69, 9.17) is 5.11 Å². The zero-order chi connectivity index (χ0) is 15.6. The van der Waals surface area contributed by atoms with Gasteiger partial charge in [0.1, 0.15) is 0 Å². The van der Waals surface area contributed by atoms with Crippen LogP contribution < -0.4 is 5.32 Å². The minimum absolute atomic E-state index is 0.0778. The molecule has 0 heterocycles. The summed E-state index contributed by atoms with van der Waals surface area (Å²) < 4.78 is 0. The number of hydrogen-bond acceptors (Lipinski definition) is 3. The van der Waals surface area contributed by atoms with Crippen molar-refractivity contribution >= 4 is 12.0 Å². The van der Waals surface area contributed by atoms with Crippen LogP contribution in [0.1, 0.15) is 33.1 Å². The number of carbonyl (C=O) groups is 2. The molecule has 0 spiro atoms. The molecule has 0 aliphatic heterocycles. The summed E-state index contributed by atoms with van der Waals surface area (Å²) >= 11 is 0. The zero-order valence-corrected chi connectivity index (χ0v) is 13.2. The summed E-state index contributed by atoms with van der Waals surface area (Å²) in [4.78, 5) is 26.9. The van der Waals surface area contributed by atoms with Crippen molar-refractivity contribution in [3.05, 3.63) is 0 Å². The fourth-order valence-electron chi connectivity index (χ4n) is 2.35. The molecule has 0 aromatic rings. The largest absolute Gasteiger partial charge is 0.481 e. The van der Waals surface area contributed by atoms with Gasteiger partial charge in [0, 0.05) is 25.7 Å². The molecule has 0 unspecified atom stereocenters. The number of amides is 2. The van der Waals surface area contributed by atoms with Crippen molar-refractivity contribution in [1.29, 1.82) is 0 Å². The van der Waals surface area contributed by atoms with Crippen molar-refractivity contribution in [3.63, 3.8) is 0 Å². The van der Waals surface area contributed by atoms with Crippen molar-refractivity contribution in [2.45, 2.75) is 38.6 Å². The van der Waals surface area contributed by atoms with E-state index in [1.807, 2.05) is 14.1 Å². The van der Waals surface area contributed by atoms with Gasteiger partial charge in [-0.25, -0.2) is 4.79 Å². The minimum atomic E-state index is -0.952. The molecule has 0 aromatic carbocycles. The van der Waals surface area contributed by atoms with Crippen molar-refractivity contribution in [1.82, 2.24) is 15.1 Å². The Morgan fingerprint density at radius 3 is 2.15 bits per heavy atom. The third-order valence-electron chi connectivity index (χ3n) is 4.37. The molecule has 0 radical (unpaired) electrons. The maximum absolute atomic E-state index is 12.1. The first-order valence-electron chi connectivity index (χ1n) is 7.00. The van der Waals surface area contributed by atoms with Crippen molar-refractivity contribution < 1.29 is 14.7 Å². The van der Waals surface area contributed by atoms with E-state index >= 15 is 0 Å². The van der Waals surface area contributed by atoms with E-state index in [9.17, 15) is 9.59 Å². The molecule has 0 aromatic heterocycles. The van der Waals surface area contributed by atoms with E-state index in [-0.39, 0.29) is 18.1 Å². The molecule has 1 saturated carbocycles. The van der Waals surface area contributed by atoms with Crippen LogP contribution in [-0.2, 0) is 4.79 Å². The molecule has 116 valence electrons. The van der Waals surface area contributed by atoms with Gasteiger partial charge < -0.3 is 20.2 Å². The average molecular weight is 285 g/mol. The summed E-state index contributed by atoms with van der Waals surface area (Å²) in [5.74, 6) is -0.913. The topological polar surface area (TPSA) is 72.9 Å². The third kappa shape index (κ3) is 3.62. The van der Waals surface area contributed by atoms with Crippen LogP contribution in [0.4, 0.5) is 4.79 Å². The Hall–Kier alpha value is -1.30. The number of carboxylic acids is 1. The summed E-state index contributed by atoms with van der Waals surface area (Å²) in [6.45, 7) is 3.99. The van der Waals surface area contributed by atoms with E-state index < -0.39 is 11.4 Å². The first-order valence-corrected chi connectivity index (χ1v) is 7.00. The first-order chi connectivity index (χ1) is 9.11. The highest BCUT2D eigenvalue weighted by molar-refractivity contribution is 5.77. The van der Waals surface area contributed by atoms with E-state index in [0.717, 1.165) is 12.8 Å². The van der Waals surface area contributed by atoms with Crippen LogP contribution in [0, 0.1) is 5.41 Å². The second-order valence-electron chi connectivity index (χ2n) is 6.68. The Kier molecular flexibility index (Phi) is 5.02. The van der Waals surface area contributed by atoms with Crippen LogP contribution in [0.15, 0.2) is 0 Å². The smallest absolute Gasteiger partial charge is 0.317 e. The van der Waals surface area contributed by atoms with Crippen molar-refractivity contribution in [2.75, 3.05) is 34.2 Å².